The number of carbonyl (C=O) groups excluding carboxylic acids is 1. The maximum Gasteiger partial charge on any atom is 0.418 e. The zero-order chi connectivity index (χ0) is 20.8. The molecule has 2 fully saturated rings. The summed E-state index contributed by atoms with van der Waals surface area (Å²) >= 11 is 0. The Balaban J connectivity index is 1.60. The van der Waals surface area contributed by atoms with Crippen LogP contribution in [0.15, 0.2) is 36.7 Å². The number of halogens is 3. The lowest BCUT2D eigenvalue weighted by molar-refractivity contribution is -0.385. The second-order valence-corrected chi connectivity index (χ2v) is 6.88. The minimum Gasteiger partial charge on any atom is -0.326 e. The van der Waals surface area contributed by atoms with Gasteiger partial charge in [0.2, 0.25) is 0 Å². The Kier molecular flexibility index (Phi) is 4.37. The first kappa shape index (κ1) is 19.1. The topological polar surface area (TPSA) is 122 Å². The van der Waals surface area contributed by atoms with Crippen LogP contribution in [0, 0.1) is 22.0 Å². The molecule has 2 aliphatic rings. The van der Waals surface area contributed by atoms with Crippen LogP contribution < -0.4 is 16.0 Å². The predicted molar refractivity (Wildman–Crippen MR) is 93.8 cm³/mol. The molecule has 1 aliphatic carbocycles. The maximum absolute atomic E-state index is 13.5. The van der Waals surface area contributed by atoms with Crippen LogP contribution in [0.4, 0.5) is 29.5 Å². The van der Waals surface area contributed by atoms with Gasteiger partial charge in [-0.2, -0.15) is 13.2 Å². The van der Waals surface area contributed by atoms with Gasteiger partial charge in [-0.15, -0.1) is 0 Å². The second kappa shape index (κ2) is 6.65. The fraction of sp³-hybridized carbons (Fsp3) is 0.353. The minimum absolute atomic E-state index is 0.0317. The molecule has 9 nitrogen and oxygen atoms in total. The van der Waals surface area contributed by atoms with Crippen molar-refractivity contribution in [3.05, 3.63) is 58.0 Å². The van der Waals surface area contributed by atoms with Crippen LogP contribution in [0.5, 0.6) is 0 Å². The summed E-state index contributed by atoms with van der Waals surface area (Å²) in [6.07, 6.45) is -2.37. The summed E-state index contributed by atoms with van der Waals surface area (Å²) < 4.78 is 40.6. The summed E-state index contributed by atoms with van der Waals surface area (Å²) in [6, 6.07) is 3.79. The predicted octanol–water partition coefficient (Wildman–Crippen LogP) is 2.27. The quantitative estimate of drug-likeness (QED) is 0.527. The maximum atomic E-state index is 13.5. The fourth-order valence-electron chi connectivity index (χ4n) is 4.00. The average Bonchev–Trinajstić information content (AvgIpc) is 3.02. The molecule has 0 radical (unpaired) electrons. The Morgan fingerprint density at radius 2 is 1.97 bits per heavy atom. The molecule has 0 bridgehead atoms. The van der Waals surface area contributed by atoms with Crippen molar-refractivity contribution in [3.8, 4) is 0 Å². The van der Waals surface area contributed by atoms with E-state index >= 15 is 0 Å². The molecule has 2 amide bonds. The lowest BCUT2D eigenvalue weighted by Crippen LogP contribution is -2.45. The monoisotopic (exact) mass is 408 g/mol. The Labute approximate surface area is 161 Å². The summed E-state index contributed by atoms with van der Waals surface area (Å²) in [7, 11) is 0. The number of amides is 2. The number of pyridine rings is 2. The molecule has 1 saturated carbocycles. The van der Waals surface area contributed by atoms with E-state index in [2.05, 4.69) is 25.9 Å². The molecule has 3 heterocycles. The highest BCUT2D eigenvalue weighted by molar-refractivity contribution is 5.89. The molecule has 152 valence electrons. The van der Waals surface area contributed by atoms with Crippen molar-refractivity contribution in [2.24, 2.45) is 11.8 Å². The van der Waals surface area contributed by atoms with Crippen LogP contribution in [-0.4, -0.2) is 34.0 Å². The molecular formula is C17H15F3N6O3. The number of aromatic nitrogens is 2. The van der Waals surface area contributed by atoms with E-state index in [-0.39, 0.29) is 29.0 Å². The lowest BCUT2D eigenvalue weighted by atomic mass is 10.00. The minimum atomic E-state index is -4.61. The number of carbonyl (C=O) groups is 1. The van der Waals surface area contributed by atoms with Gasteiger partial charge in [-0.25, -0.2) is 9.78 Å². The standard InChI is InChI=1S/C17H15F3N6O3/c18-17(19,20)10-2-1-5-22-14(10)16(11-7-21-8-12(11)16)25-15(27)24-13-4-3-9(6-23-13)26(28)29/h1-6,11-12,21H,7-8H2,(H2,23,24,25,27)/t11-,12?,16?/m1/s1. The number of piperidine rings is 1. The molecule has 0 spiro atoms. The number of hydrogen-bond acceptors (Lipinski definition) is 6. The van der Waals surface area contributed by atoms with E-state index in [1.54, 1.807) is 0 Å². The van der Waals surface area contributed by atoms with E-state index in [4.69, 9.17) is 0 Å². The van der Waals surface area contributed by atoms with Gasteiger partial charge in [0.15, 0.2) is 0 Å². The van der Waals surface area contributed by atoms with E-state index in [0.717, 1.165) is 18.3 Å². The molecule has 29 heavy (non-hydrogen) atoms. The van der Waals surface area contributed by atoms with Crippen molar-refractivity contribution in [1.82, 2.24) is 20.6 Å². The lowest BCUT2D eigenvalue weighted by Gasteiger charge is -2.25. The molecule has 1 aliphatic heterocycles. The number of nitrogens with one attached hydrogen (secondary N) is 3. The van der Waals surface area contributed by atoms with Crippen molar-refractivity contribution in [2.75, 3.05) is 18.4 Å². The molecule has 3 atom stereocenters. The summed E-state index contributed by atoms with van der Waals surface area (Å²) in [5, 5.41) is 18.8. The number of fused-ring (bicyclic) bond motifs is 1. The highest BCUT2D eigenvalue weighted by atomic mass is 19.4. The van der Waals surface area contributed by atoms with E-state index < -0.39 is 28.2 Å². The Hall–Kier alpha value is -3.28. The van der Waals surface area contributed by atoms with Gasteiger partial charge in [0.1, 0.15) is 12.0 Å². The molecule has 2 unspecified atom stereocenters. The SMILES string of the molecule is O=C(Nc1ccc([N+](=O)[O-])cn1)NC1(c2ncccc2C(F)(F)F)C2CNC[C@H]21. The zero-order valence-electron chi connectivity index (χ0n) is 14.7. The molecule has 2 aromatic rings. The number of anilines is 1. The van der Waals surface area contributed by atoms with E-state index in [9.17, 15) is 28.1 Å². The van der Waals surface area contributed by atoms with Gasteiger partial charge >= 0.3 is 12.2 Å². The van der Waals surface area contributed by atoms with Gasteiger partial charge in [-0.3, -0.25) is 20.4 Å². The largest absolute Gasteiger partial charge is 0.418 e. The molecule has 2 aromatic heterocycles. The molecule has 12 heteroatoms. The fourth-order valence-corrected chi connectivity index (χ4v) is 4.00. The van der Waals surface area contributed by atoms with Crippen molar-refractivity contribution in [2.45, 2.75) is 11.7 Å². The highest BCUT2D eigenvalue weighted by Crippen LogP contribution is 2.60. The van der Waals surface area contributed by atoms with Crippen molar-refractivity contribution < 1.29 is 22.9 Å². The summed E-state index contributed by atoms with van der Waals surface area (Å²) in [4.78, 5) is 30.3. The Bertz CT molecular complexity index is 956. The van der Waals surface area contributed by atoms with E-state index in [1.807, 2.05) is 0 Å². The van der Waals surface area contributed by atoms with Crippen LogP contribution in [0.2, 0.25) is 0 Å². The van der Waals surface area contributed by atoms with Crippen molar-refractivity contribution in [3.63, 3.8) is 0 Å². The van der Waals surface area contributed by atoms with E-state index in [0.29, 0.717) is 13.1 Å². The van der Waals surface area contributed by atoms with Gasteiger partial charge in [0, 0.05) is 37.2 Å². The van der Waals surface area contributed by atoms with Gasteiger partial charge in [-0.1, -0.05) is 0 Å². The third-order valence-corrected chi connectivity index (χ3v) is 5.30. The Morgan fingerprint density at radius 3 is 2.55 bits per heavy atom. The first-order valence-electron chi connectivity index (χ1n) is 8.66. The average molecular weight is 408 g/mol. The highest BCUT2D eigenvalue weighted by Gasteiger charge is 2.70. The summed E-state index contributed by atoms with van der Waals surface area (Å²) in [6.45, 7) is 0.906. The van der Waals surface area contributed by atoms with Crippen LogP contribution >= 0.6 is 0 Å². The van der Waals surface area contributed by atoms with Gasteiger partial charge in [0.05, 0.1) is 21.7 Å². The third kappa shape index (κ3) is 3.24. The van der Waals surface area contributed by atoms with Crippen molar-refractivity contribution >= 4 is 17.5 Å². The summed E-state index contributed by atoms with van der Waals surface area (Å²) in [5.41, 5.74) is -2.60. The van der Waals surface area contributed by atoms with Crippen LogP contribution in [0.3, 0.4) is 0 Å². The van der Waals surface area contributed by atoms with Crippen LogP contribution in [0.1, 0.15) is 11.3 Å². The molecule has 4 rings (SSSR count). The zero-order valence-corrected chi connectivity index (χ0v) is 14.7. The molecule has 1 saturated heterocycles. The number of urea groups is 1. The molecular weight excluding hydrogens is 393 g/mol. The number of rotatable bonds is 4. The van der Waals surface area contributed by atoms with Crippen LogP contribution in [0.25, 0.3) is 0 Å². The van der Waals surface area contributed by atoms with Gasteiger partial charge in [-0.05, 0) is 18.2 Å². The van der Waals surface area contributed by atoms with Crippen LogP contribution in [-0.2, 0) is 11.7 Å². The normalized spacial score (nSPS) is 25.2. The number of hydrogen-bond donors (Lipinski definition) is 3. The van der Waals surface area contributed by atoms with Gasteiger partial charge in [0.25, 0.3) is 5.69 Å². The molecule has 3 N–H and O–H groups in total. The first-order valence-corrected chi connectivity index (χ1v) is 8.66. The second-order valence-electron chi connectivity index (χ2n) is 6.88. The van der Waals surface area contributed by atoms with Crippen molar-refractivity contribution in [1.29, 1.82) is 0 Å². The number of nitro groups is 1. The molecule has 0 aromatic carbocycles. The van der Waals surface area contributed by atoms with Gasteiger partial charge < -0.3 is 10.6 Å². The third-order valence-electron chi connectivity index (χ3n) is 5.30. The Morgan fingerprint density at radius 1 is 1.24 bits per heavy atom. The van der Waals surface area contributed by atoms with E-state index in [1.165, 1.54) is 18.3 Å². The first-order chi connectivity index (χ1) is 13.7. The number of nitrogens with zero attached hydrogens (tertiary/aromatic N) is 3. The number of alkyl halides is 3. The summed E-state index contributed by atoms with van der Waals surface area (Å²) in [5.74, 6) is -0.424. The smallest absolute Gasteiger partial charge is 0.326 e.